The van der Waals surface area contributed by atoms with Crippen molar-refractivity contribution >= 4 is 17.5 Å². The van der Waals surface area contributed by atoms with Crippen molar-refractivity contribution in [3.8, 4) is 0 Å². The van der Waals surface area contributed by atoms with E-state index < -0.39 is 11.6 Å². The summed E-state index contributed by atoms with van der Waals surface area (Å²) in [5, 5.41) is 3.56. The SMILES string of the molecule is C[C@H](N)C(=O)NC(C)(C)c1ccc(Cl)cc1. The van der Waals surface area contributed by atoms with Gasteiger partial charge in [0, 0.05) is 5.02 Å². The van der Waals surface area contributed by atoms with Crippen molar-refractivity contribution in [1.82, 2.24) is 5.32 Å². The van der Waals surface area contributed by atoms with E-state index in [4.69, 9.17) is 17.3 Å². The normalized spacial score (nSPS) is 13.3. The Hall–Kier alpha value is -1.06. The molecule has 0 aliphatic heterocycles. The minimum absolute atomic E-state index is 0.167. The van der Waals surface area contributed by atoms with Crippen molar-refractivity contribution < 1.29 is 4.79 Å². The van der Waals surface area contributed by atoms with Crippen LogP contribution in [-0.4, -0.2) is 11.9 Å². The third-order valence-electron chi connectivity index (χ3n) is 2.42. The van der Waals surface area contributed by atoms with Crippen molar-refractivity contribution in [2.45, 2.75) is 32.4 Å². The van der Waals surface area contributed by atoms with E-state index in [1.54, 1.807) is 19.1 Å². The highest BCUT2D eigenvalue weighted by Crippen LogP contribution is 2.21. The molecule has 0 radical (unpaired) electrons. The molecule has 0 saturated heterocycles. The minimum Gasteiger partial charge on any atom is -0.346 e. The zero-order valence-corrected chi connectivity index (χ0v) is 10.5. The van der Waals surface area contributed by atoms with Crippen molar-refractivity contribution in [3.63, 3.8) is 0 Å². The van der Waals surface area contributed by atoms with Crippen molar-refractivity contribution in [3.05, 3.63) is 34.9 Å². The van der Waals surface area contributed by atoms with E-state index in [0.717, 1.165) is 5.56 Å². The summed E-state index contributed by atoms with van der Waals surface area (Å²) in [6.07, 6.45) is 0. The van der Waals surface area contributed by atoms with E-state index in [1.807, 2.05) is 26.0 Å². The topological polar surface area (TPSA) is 55.1 Å². The molecule has 88 valence electrons. The van der Waals surface area contributed by atoms with E-state index in [9.17, 15) is 4.79 Å². The second-order valence-electron chi connectivity index (χ2n) is 4.41. The third kappa shape index (κ3) is 3.22. The number of carbonyl (C=O) groups excluding carboxylic acids is 1. The van der Waals surface area contributed by atoms with Crippen LogP contribution in [0.1, 0.15) is 26.3 Å². The number of nitrogens with two attached hydrogens (primary N) is 1. The van der Waals surface area contributed by atoms with Gasteiger partial charge in [0.15, 0.2) is 0 Å². The molecule has 0 bridgehead atoms. The molecule has 16 heavy (non-hydrogen) atoms. The van der Waals surface area contributed by atoms with Crippen LogP contribution in [0.2, 0.25) is 5.02 Å². The van der Waals surface area contributed by atoms with Gasteiger partial charge in [-0.15, -0.1) is 0 Å². The van der Waals surface area contributed by atoms with Crippen LogP contribution in [0.3, 0.4) is 0 Å². The fourth-order valence-electron chi connectivity index (χ4n) is 1.36. The Morgan fingerprint density at radius 1 is 1.38 bits per heavy atom. The third-order valence-corrected chi connectivity index (χ3v) is 2.67. The summed E-state index contributed by atoms with van der Waals surface area (Å²) in [5.74, 6) is -0.167. The van der Waals surface area contributed by atoms with Gasteiger partial charge in [-0.25, -0.2) is 0 Å². The standard InChI is InChI=1S/C12H17ClN2O/c1-8(14)11(16)15-12(2,3)9-4-6-10(13)7-5-9/h4-8H,14H2,1-3H3,(H,15,16)/t8-/m0/s1. The van der Waals surface area contributed by atoms with Crippen LogP contribution >= 0.6 is 11.6 Å². The molecule has 0 aliphatic carbocycles. The van der Waals surface area contributed by atoms with Gasteiger partial charge in [-0.05, 0) is 38.5 Å². The molecule has 0 aromatic heterocycles. The van der Waals surface area contributed by atoms with Crippen molar-refractivity contribution in [2.75, 3.05) is 0 Å². The molecular formula is C12H17ClN2O. The van der Waals surface area contributed by atoms with Crippen LogP contribution in [0.5, 0.6) is 0 Å². The lowest BCUT2D eigenvalue weighted by molar-refractivity contribution is -0.123. The maximum Gasteiger partial charge on any atom is 0.237 e. The molecule has 4 heteroatoms. The van der Waals surface area contributed by atoms with Crippen LogP contribution in [0.25, 0.3) is 0 Å². The van der Waals surface area contributed by atoms with Crippen molar-refractivity contribution in [2.24, 2.45) is 5.73 Å². The van der Waals surface area contributed by atoms with Crippen LogP contribution in [0.15, 0.2) is 24.3 Å². The Kier molecular flexibility index (Phi) is 3.94. The number of carbonyl (C=O) groups is 1. The van der Waals surface area contributed by atoms with Gasteiger partial charge in [0.05, 0.1) is 11.6 Å². The van der Waals surface area contributed by atoms with E-state index >= 15 is 0 Å². The van der Waals surface area contributed by atoms with E-state index in [2.05, 4.69) is 5.32 Å². The minimum atomic E-state index is -0.508. The highest BCUT2D eigenvalue weighted by Gasteiger charge is 2.23. The predicted molar refractivity (Wildman–Crippen MR) is 66.3 cm³/mol. The molecule has 1 amide bonds. The smallest absolute Gasteiger partial charge is 0.237 e. The maximum atomic E-state index is 11.5. The monoisotopic (exact) mass is 240 g/mol. The van der Waals surface area contributed by atoms with Gasteiger partial charge in [-0.3, -0.25) is 4.79 Å². The first kappa shape index (κ1) is 13.0. The molecule has 1 aromatic rings. The number of hydrogen-bond donors (Lipinski definition) is 2. The summed E-state index contributed by atoms with van der Waals surface area (Å²) >= 11 is 5.81. The van der Waals surface area contributed by atoms with Crippen molar-refractivity contribution in [1.29, 1.82) is 0 Å². The van der Waals surface area contributed by atoms with Crippen LogP contribution in [0.4, 0.5) is 0 Å². The number of nitrogens with one attached hydrogen (secondary N) is 1. The lowest BCUT2D eigenvalue weighted by Gasteiger charge is -2.27. The summed E-state index contributed by atoms with van der Waals surface area (Å²) < 4.78 is 0. The Morgan fingerprint density at radius 2 is 1.88 bits per heavy atom. The number of rotatable bonds is 3. The van der Waals surface area contributed by atoms with Gasteiger partial charge in [0.1, 0.15) is 0 Å². The highest BCUT2D eigenvalue weighted by atomic mass is 35.5. The lowest BCUT2D eigenvalue weighted by Crippen LogP contribution is -2.47. The number of amides is 1. The summed E-state index contributed by atoms with van der Waals surface area (Å²) in [7, 11) is 0. The molecule has 1 atom stereocenters. The maximum absolute atomic E-state index is 11.5. The molecule has 0 spiro atoms. The fraction of sp³-hybridized carbons (Fsp3) is 0.417. The van der Waals surface area contributed by atoms with Gasteiger partial charge in [-0.2, -0.15) is 0 Å². The molecule has 0 aliphatic rings. The van der Waals surface area contributed by atoms with Crippen LogP contribution in [-0.2, 0) is 10.3 Å². The average molecular weight is 241 g/mol. The van der Waals surface area contributed by atoms with E-state index in [0.29, 0.717) is 5.02 Å². The van der Waals surface area contributed by atoms with Gasteiger partial charge < -0.3 is 11.1 Å². The first-order valence-corrected chi connectivity index (χ1v) is 5.54. The first-order valence-electron chi connectivity index (χ1n) is 5.16. The Morgan fingerprint density at radius 3 is 2.31 bits per heavy atom. The molecule has 0 heterocycles. The average Bonchev–Trinajstić information content (AvgIpc) is 2.17. The largest absolute Gasteiger partial charge is 0.346 e. The molecule has 1 aromatic carbocycles. The zero-order valence-electron chi connectivity index (χ0n) is 9.75. The fourth-order valence-corrected chi connectivity index (χ4v) is 1.49. The van der Waals surface area contributed by atoms with Gasteiger partial charge in [0.2, 0.25) is 5.91 Å². The lowest BCUT2D eigenvalue weighted by atomic mass is 9.94. The molecule has 0 unspecified atom stereocenters. The second-order valence-corrected chi connectivity index (χ2v) is 4.85. The predicted octanol–water partition coefficient (Wildman–Crippen LogP) is 2.04. The van der Waals surface area contributed by atoms with E-state index in [1.165, 1.54) is 0 Å². The van der Waals surface area contributed by atoms with Gasteiger partial charge >= 0.3 is 0 Å². The molecule has 1 rings (SSSR count). The molecule has 3 nitrogen and oxygen atoms in total. The Bertz CT molecular complexity index is 371. The summed E-state index contributed by atoms with van der Waals surface area (Å²) in [6.45, 7) is 5.51. The quantitative estimate of drug-likeness (QED) is 0.850. The summed E-state index contributed by atoms with van der Waals surface area (Å²) in [4.78, 5) is 11.5. The van der Waals surface area contributed by atoms with Crippen LogP contribution in [0, 0.1) is 0 Å². The zero-order chi connectivity index (χ0) is 12.3. The van der Waals surface area contributed by atoms with Crippen LogP contribution < -0.4 is 11.1 Å². The number of hydrogen-bond acceptors (Lipinski definition) is 2. The molecular weight excluding hydrogens is 224 g/mol. The van der Waals surface area contributed by atoms with E-state index in [-0.39, 0.29) is 5.91 Å². The molecule has 0 saturated carbocycles. The first-order chi connectivity index (χ1) is 7.33. The van der Waals surface area contributed by atoms with Gasteiger partial charge in [-0.1, -0.05) is 23.7 Å². The molecule has 0 fully saturated rings. The summed E-state index contributed by atoms with van der Waals surface area (Å²) in [5.41, 5.74) is 6.05. The highest BCUT2D eigenvalue weighted by molar-refractivity contribution is 6.30. The summed E-state index contributed by atoms with van der Waals surface area (Å²) in [6, 6.07) is 6.88. The second kappa shape index (κ2) is 4.85. The molecule has 3 N–H and O–H groups in total. The number of halogens is 1. The van der Waals surface area contributed by atoms with Gasteiger partial charge in [0.25, 0.3) is 0 Å². The number of benzene rings is 1. The Labute approximate surface area is 101 Å². The Balaban J connectivity index is 2.85.